The van der Waals surface area contributed by atoms with Crippen molar-refractivity contribution in [2.45, 2.75) is 44.1 Å². The fourth-order valence-electron chi connectivity index (χ4n) is 2.17. The molecule has 1 fully saturated rings. The lowest BCUT2D eigenvalue weighted by Crippen LogP contribution is -2.44. The summed E-state index contributed by atoms with van der Waals surface area (Å²) in [6.45, 7) is 0. The molecule has 0 radical (unpaired) electrons. The van der Waals surface area contributed by atoms with Crippen molar-refractivity contribution in [3.63, 3.8) is 0 Å². The molecule has 1 aliphatic rings. The van der Waals surface area contributed by atoms with Crippen molar-refractivity contribution in [3.05, 3.63) is 24.3 Å². The van der Waals surface area contributed by atoms with Crippen LogP contribution in [-0.2, 0) is 6.42 Å². The highest BCUT2D eigenvalue weighted by Crippen LogP contribution is 2.27. The first kappa shape index (κ1) is 9.59. The van der Waals surface area contributed by atoms with Crippen LogP contribution < -0.4 is 5.73 Å². The Kier molecular flexibility index (Phi) is 2.77. The molecule has 0 unspecified atom stereocenters. The largest absolute Gasteiger partial charge is 0.325 e. The molecule has 1 saturated carbocycles. The van der Waals surface area contributed by atoms with Gasteiger partial charge in [0.1, 0.15) is 5.82 Å². The predicted molar refractivity (Wildman–Crippen MR) is 55.7 cm³/mol. The first-order valence-corrected chi connectivity index (χ1v) is 5.33. The van der Waals surface area contributed by atoms with Crippen molar-refractivity contribution in [1.29, 1.82) is 0 Å². The van der Waals surface area contributed by atoms with Gasteiger partial charge >= 0.3 is 0 Å². The van der Waals surface area contributed by atoms with Gasteiger partial charge in [0.15, 0.2) is 0 Å². The molecule has 14 heavy (non-hydrogen) atoms. The Morgan fingerprint density at radius 2 is 1.79 bits per heavy atom. The number of hydrogen-bond donors (Lipinski definition) is 1. The lowest BCUT2D eigenvalue weighted by molar-refractivity contribution is 0.289. The highest BCUT2D eigenvalue weighted by molar-refractivity contribution is 4.99. The van der Waals surface area contributed by atoms with E-state index in [-0.39, 0.29) is 5.54 Å². The molecular weight excluding hydrogens is 174 g/mol. The summed E-state index contributed by atoms with van der Waals surface area (Å²) in [7, 11) is 0. The van der Waals surface area contributed by atoms with E-state index in [1.807, 2.05) is 6.07 Å². The molecular formula is C11H17N3. The third kappa shape index (κ3) is 2.29. The Hall–Kier alpha value is -0.960. The summed E-state index contributed by atoms with van der Waals surface area (Å²) in [5, 5.41) is 0. The SMILES string of the molecule is NC1(Cc2ncccn2)CCCCC1. The van der Waals surface area contributed by atoms with Gasteiger partial charge in [-0.3, -0.25) is 0 Å². The van der Waals surface area contributed by atoms with E-state index in [1.165, 1.54) is 19.3 Å². The molecule has 0 saturated heterocycles. The van der Waals surface area contributed by atoms with Crippen LogP contribution in [0.3, 0.4) is 0 Å². The number of nitrogens with two attached hydrogens (primary N) is 1. The molecule has 2 N–H and O–H groups in total. The summed E-state index contributed by atoms with van der Waals surface area (Å²) in [4.78, 5) is 8.45. The minimum atomic E-state index is -0.0421. The molecule has 1 aromatic rings. The van der Waals surface area contributed by atoms with Crippen LogP contribution in [0.15, 0.2) is 18.5 Å². The van der Waals surface area contributed by atoms with Crippen LogP contribution in [0.1, 0.15) is 37.9 Å². The van der Waals surface area contributed by atoms with E-state index in [0.29, 0.717) is 0 Å². The van der Waals surface area contributed by atoms with Crippen molar-refractivity contribution in [1.82, 2.24) is 9.97 Å². The van der Waals surface area contributed by atoms with Crippen LogP contribution in [0.25, 0.3) is 0 Å². The van der Waals surface area contributed by atoms with Gasteiger partial charge in [0.2, 0.25) is 0 Å². The number of aromatic nitrogens is 2. The second kappa shape index (κ2) is 4.05. The predicted octanol–water partition coefficient (Wildman–Crippen LogP) is 1.68. The monoisotopic (exact) mass is 191 g/mol. The lowest BCUT2D eigenvalue weighted by Gasteiger charge is -2.32. The number of hydrogen-bond acceptors (Lipinski definition) is 3. The third-order valence-electron chi connectivity index (χ3n) is 2.98. The van der Waals surface area contributed by atoms with Gasteiger partial charge in [-0.05, 0) is 18.9 Å². The second-order valence-electron chi connectivity index (χ2n) is 4.26. The Bertz CT molecular complexity index is 278. The van der Waals surface area contributed by atoms with Gasteiger partial charge in [0.05, 0.1) is 0 Å². The van der Waals surface area contributed by atoms with Crippen LogP contribution in [0, 0.1) is 0 Å². The van der Waals surface area contributed by atoms with Crippen molar-refractivity contribution in [3.8, 4) is 0 Å². The van der Waals surface area contributed by atoms with Crippen LogP contribution in [0.4, 0.5) is 0 Å². The minimum Gasteiger partial charge on any atom is -0.325 e. The van der Waals surface area contributed by atoms with E-state index in [4.69, 9.17) is 5.73 Å². The maximum Gasteiger partial charge on any atom is 0.130 e. The summed E-state index contributed by atoms with van der Waals surface area (Å²) in [5.41, 5.74) is 6.27. The standard InChI is InChI=1S/C11H17N3/c12-11(5-2-1-3-6-11)9-10-13-7-4-8-14-10/h4,7-8H,1-3,5-6,9,12H2. The van der Waals surface area contributed by atoms with Crippen molar-refractivity contribution in [2.75, 3.05) is 0 Å². The molecule has 1 aromatic heterocycles. The minimum absolute atomic E-state index is 0.0421. The van der Waals surface area contributed by atoms with Gasteiger partial charge < -0.3 is 5.73 Å². The summed E-state index contributed by atoms with van der Waals surface area (Å²) in [6, 6.07) is 1.84. The van der Waals surface area contributed by atoms with Gasteiger partial charge in [-0.2, -0.15) is 0 Å². The molecule has 1 aliphatic carbocycles. The smallest absolute Gasteiger partial charge is 0.130 e. The van der Waals surface area contributed by atoms with Crippen LogP contribution in [0.5, 0.6) is 0 Å². The van der Waals surface area contributed by atoms with Crippen molar-refractivity contribution < 1.29 is 0 Å². The molecule has 0 aromatic carbocycles. The number of nitrogens with zero attached hydrogens (tertiary/aromatic N) is 2. The second-order valence-corrected chi connectivity index (χ2v) is 4.26. The van der Waals surface area contributed by atoms with E-state index in [0.717, 1.165) is 25.1 Å². The maximum atomic E-state index is 6.31. The Morgan fingerprint density at radius 3 is 2.43 bits per heavy atom. The van der Waals surface area contributed by atoms with Gasteiger partial charge in [0, 0.05) is 24.4 Å². The topological polar surface area (TPSA) is 51.8 Å². The van der Waals surface area contributed by atoms with Gasteiger partial charge in [-0.15, -0.1) is 0 Å². The third-order valence-corrected chi connectivity index (χ3v) is 2.98. The first-order chi connectivity index (χ1) is 6.79. The quantitative estimate of drug-likeness (QED) is 0.773. The fourth-order valence-corrected chi connectivity index (χ4v) is 2.17. The molecule has 0 spiro atoms. The lowest BCUT2D eigenvalue weighted by atomic mass is 9.80. The molecule has 0 atom stereocenters. The summed E-state index contributed by atoms with van der Waals surface area (Å²) >= 11 is 0. The number of rotatable bonds is 2. The Morgan fingerprint density at radius 1 is 1.14 bits per heavy atom. The molecule has 76 valence electrons. The average Bonchev–Trinajstić information content (AvgIpc) is 2.19. The van der Waals surface area contributed by atoms with E-state index < -0.39 is 0 Å². The van der Waals surface area contributed by atoms with Crippen molar-refractivity contribution >= 4 is 0 Å². The Balaban J connectivity index is 2.02. The van der Waals surface area contributed by atoms with Crippen LogP contribution >= 0.6 is 0 Å². The highest BCUT2D eigenvalue weighted by Gasteiger charge is 2.28. The van der Waals surface area contributed by atoms with E-state index >= 15 is 0 Å². The molecule has 3 nitrogen and oxygen atoms in total. The molecule has 0 aliphatic heterocycles. The van der Waals surface area contributed by atoms with E-state index in [2.05, 4.69) is 9.97 Å². The van der Waals surface area contributed by atoms with Gasteiger partial charge in [0.25, 0.3) is 0 Å². The van der Waals surface area contributed by atoms with Gasteiger partial charge in [-0.25, -0.2) is 9.97 Å². The van der Waals surface area contributed by atoms with Gasteiger partial charge in [-0.1, -0.05) is 19.3 Å². The zero-order valence-corrected chi connectivity index (χ0v) is 8.45. The molecule has 0 amide bonds. The summed E-state index contributed by atoms with van der Waals surface area (Å²) in [5.74, 6) is 0.886. The zero-order valence-electron chi connectivity index (χ0n) is 8.45. The molecule has 1 heterocycles. The molecule has 0 bridgehead atoms. The first-order valence-electron chi connectivity index (χ1n) is 5.33. The van der Waals surface area contributed by atoms with E-state index in [1.54, 1.807) is 12.4 Å². The van der Waals surface area contributed by atoms with Crippen LogP contribution in [0.2, 0.25) is 0 Å². The molecule has 2 rings (SSSR count). The Labute approximate surface area is 84.8 Å². The van der Waals surface area contributed by atoms with Crippen molar-refractivity contribution in [2.24, 2.45) is 5.73 Å². The molecule has 3 heteroatoms. The fraction of sp³-hybridized carbons (Fsp3) is 0.636. The highest BCUT2D eigenvalue weighted by atomic mass is 14.9. The van der Waals surface area contributed by atoms with Crippen LogP contribution in [-0.4, -0.2) is 15.5 Å². The average molecular weight is 191 g/mol. The summed E-state index contributed by atoms with van der Waals surface area (Å²) in [6.07, 6.45) is 10.5. The zero-order chi connectivity index (χ0) is 9.86. The van der Waals surface area contributed by atoms with E-state index in [9.17, 15) is 0 Å². The summed E-state index contributed by atoms with van der Waals surface area (Å²) < 4.78 is 0. The normalized spacial score (nSPS) is 20.6. The maximum absolute atomic E-state index is 6.31.